The van der Waals surface area contributed by atoms with E-state index in [4.69, 9.17) is 4.74 Å². The largest absolute Gasteiger partial charge is 0.396 e. The van der Waals surface area contributed by atoms with Crippen LogP contribution in [0, 0.1) is 11.8 Å². The minimum Gasteiger partial charge on any atom is -0.396 e. The van der Waals surface area contributed by atoms with Crippen LogP contribution < -0.4 is 4.72 Å². The molecule has 2 atom stereocenters. The zero-order valence-corrected chi connectivity index (χ0v) is 12.9. The standard InChI is InChI=1S/C13H26N2O4S/c1-11(13-4-7-19-8-5-13)14-20(17,18)15-6-2-3-12(9-15)10-16/h11-14,16H,2-10H2,1H3. The van der Waals surface area contributed by atoms with E-state index in [-0.39, 0.29) is 18.6 Å². The maximum absolute atomic E-state index is 12.4. The zero-order valence-electron chi connectivity index (χ0n) is 12.1. The van der Waals surface area contributed by atoms with Crippen LogP contribution in [0.1, 0.15) is 32.6 Å². The van der Waals surface area contributed by atoms with Gasteiger partial charge in [0.25, 0.3) is 10.2 Å². The second-order valence-corrected chi connectivity index (χ2v) is 7.61. The van der Waals surface area contributed by atoms with Crippen molar-refractivity contribution in [1.82, 2.24) is 9.03 Å². The van der Waals surface area contributed by atoms with Gasteiger partial charge >= 0.3 is 0 Å². The number of piperidine rings is 1. The third kappa shape index (κ3) is 4.14. The highest BCUT2D eigenvalue weighted by Crippen LogP contribution is 2.22. The van der Waals surface area contributed by atoms with Gasteiger partial charge in [-0.25, -0.2) is 0 Å². The number of aliphatic hydroxyl groups is 1. The van der Waals surface area contributed by atoms with Crippen molar-refractivity contribution in [3.63, 3.8) is 0 Å². The average Bonchev–Trinajstić information content (AvgIpc) is 2.48. The van der Waals surface area contributed by atoms with Crippen molar-refractivity contribution in [2.75, 3.05) is 32.9 Å². The van der Waals surface area contributed by atoms with Crippen molar-refractivity contribution < 1.29 is 18.3 Å². The van der Waals surface area contributed by atoms with Crippen LogP contribution in [0.5, 0.6) is 0 Å². The summed E-state index contributed by atoms with van der Waals surface area (Å²) in [6.45, 7) is 4.39. The summed E-state index contributed by atoms with van der Waals surface area (Å²) in [5.74, 6) is 0.413. The van der Waals surface area contributed by atoms with E-state index in [0.29, 0.717) is 32.2 Å². The van der Waals surface area contributed by atoms with E-state index in [1.54, 1.807) is 0 Å². The minimum atomic E-state index is -3.44. The van der Waals surface area contributed by atoms with Gasteiger partial charge in [0, 0.05) is 39.0 Å². The van der Waals surface area contributed by atoms with Gasteiger partial charge in [-0.15, -0.1) is 0 Å². The molecular weight excluding hydrogens is 280 g/mol. The molecule has 0 aromatic heterocycles. The first kappa shape index (κ1) is 16.2. The Morgan fingerprint density at radius 2 is 2.05 bits per heavy atom. The molecule has 2 aliphatic rings. The lowest BCUT2D eigenvalue weighted by Crippen LogP contribution is -2.50. The predicted octanol–water partition coefficient (Wildman–Crippen LogP) is 0.340. The van der Waals surface area contributed by atoms with Crippen LogP contribution in [0.25, 0.3) is 0 Å². The third-order valence-electron chi connectivity index (χ3n) is 4.39. The van der Waals surface area contributed by atoms with E-state index < -0.39 is 10.2 Å². The van der Waals surface area contributed by atoms with E-state index in [1.165, 1.54) is 4.31 Å². The molecule has 7 heteroatoms. The maximum atomic E-state index is 12.4. The Hall–Kier alpha value is -0.210. The van der Waals surface area contributed by atoms with Crippen LogP contribution in [-0.2, 0) is 14.9 Å². The van der Waals surface area contributed by atoms with Gasteiger partial charge in [0.2, 0.25) is 0 Å². The van der Waals surface area contributed by atoms with Gasteiger partial charge in [-0.3, -0.25) is 0 Å². The molecule has 2 heterocycles. The van der Waals surface area contributed by atoms with Crippen molar-refractivity contribution in [3.05, 3.63) is 0 Å². The van der Waals surface area contributed by atoms with Crippen molar-refractivity contribution in [2.45, 2.75) is 38.6 Å². The Labute approximate surface area is 121 Å². The lowest BCUT2D eigenvalue weighted by atomic mass is 9.94. The molecule has 6 nitrogen and oxygen atoms in total. The lowest BCUT2D eigenvalue weighted by molar-refractivity contribution is 0.0582. The zero-order chi connectivity index (χ0) is 14.6. The van der Waals surface area contributed by atoms with Gasteiger partial charge in [0.1, 0.15) is 0 Å². The van der Waals surface area contributed by atoms with Gasteiger partial charge in [-0.05, 0) is 44.4 Å². The average molecular weight is 306 g/mol. The van der Waals surface area contributed by atoms with Crippen molar-refractivity contribution in [1.29, 1.82) is 0 Å². The fourth-order valence-electron chi connectivity index (χ4n) is 3.02. The summed E-state index contributed by atoms with van der Waals surface area (Å²) in [5.41, 5.74) is 0. The summed E-state index contributed by atoms with van der Waals surface area (Å²) < 4.78 is 34.4. The fourth-order valence-corrected chi connectivity index (χ4v) is 4.60. The highest BCUT2D eigenvalue weighted by molar-refractivity contribution is 7.87. The van der Waals surface area contributed by atoms with Crippen LogP contribution in [0.15, 0.2) is 0 Å². The van der Waals surface area contributed by atoms with Gasteiger partial charge < -0.3 is 9.84 Å². The summed E-state index contributed by atoms with van der Waals surface area (Å²) in [7, 11) is -3.44. The molecular formula is C13H26N2O4S. The molecule has 0 aromatic rings. The lowest BCUT2D eigenvalue weighted by Gasteiger charge is -2.34. The first-order valence-corrected chi connectivity index (χ1v) is 8.93. The molecule has 2 rings (SSSR count). The molecule has 0 aliphatic carbocycles. The van der Waals surface area contributed by atoms with Crippen LogP contribution in [0.4, 0.5) is 0 Å². The molecule has 2 unspecified atom stereocenters. The highest BCUT2D eigenvalue weighted by atomic mass is 32.2. The van der Waals surface area contributed by atoms with Crippen LogP contribution >= 0.6 is 0 Å². The maximum Gasteiger partial charge on any atom is 0.279 e. The van der Waals surface area contributed by atoms with E-state index >= 15 is 0 Å². The van der Waals surface area contributed by atoms with E-state index in [2.05, 4.69) is 4.72 Å². The van der Waals surface area contributed by atoms with Crippen molar-refractivity contribution >= 4 is 10.2 Å². The normalized spacial score (nSPS) is 28.4. The molecule has 0 amide bonds. The summed E-state index contributed by atoms with van der Waals surface area (Å²) in [6.07, 6.45) is 3.53. The molecule has 20 heavy (non-hydrogen) atoms. The Bertz CT molecular complexity index is 395. The van der Waals surface area contributed by atoms with E-state index in [1.807, 2.05) is 6.92 Å². The van der Waals surface area contributed by atoms with Crippen molar-refractivity contribution in [2.24, 2.45) is 11.8 Å². The van der Waals surface area contributed by atoms with Gasteiger partial charge in [-0.2, -0.15) is 17.4 Å². The molecule has 0 radical (unpaired) electrons. The van der Waals surface area contributed by atoms with Crippen LogP contribution in [0.3, 0.4) is 0 Å². The molecule has 0 bridgehead atoms. The number of nitrogens with zero attached hydrogens (tertiary/aromatic N) is 1. The third-order valence-corrected chi connectivity index (χ3v) is 6.07. The number of hydrogen-bond donors (Lipinski definition) is 2. The Morgan fingerprint density at radius 1 is 1.35 bits per heavy atom. The molecule has 0 saturated carbocycles. The van der Waals surface area contributed by atoms with Crippen molar-refractivity contribution in [3.8, 4) is 0 Å². The number of hydrogen-bond acceptors (Lipinski definition) is 4. The molecule has 2 fully saturated rings. The molecule has 0 aromatic carbocycles. The molecule has 2 aliphatic heterocycles. The molecule has 2 N–H and O–H groups in total. The topological polar surface area (TPSA) is 78.9 Å². The van der Waals surface area contributed by atoms with Gasteiger partial charge in [-0.1, -0.05) is 0 Å². The van der Waals surface area contributed by atoms with Gasteiger partial charge in [0.05, 0.1) is 0 Å². The summed E-state index contributed by atoms with van der Waals surface area (Å²) in [4.78, 5) is 0. The first-order valence-electron chi connectivity index (χ1n) is 7.49. The summed E-state index contributed by atoms with van der Waals surface area (Å²) in [6, 6.07) is -0.0709. The Balaban J connectivity index is 1.92. The quantitative estimate of drug-likeness (QED) is 0.768. The van der Waals surface area contributed by atoms with Gasteiger partial charge in [0.15, 0.2) is 0 Å². The Morgan fingerprint density at radius 3 is 2.70 bits per heavy atom. The number of nitrogens with one attached hydrogen (secondary N) is 1. The Kier molecular flexibility index (Phi) is 5.80. The summed E-state index contributed by atoms with van der Waals surface area (Å²) >= 11 is 0. The summed E-state index contributed by atoms with van der Waals surface area (Å²) in [5, 5.41) is 9.20. The minimum absolute atomic E-state index is 0.0571. The first-order chi connectivity index (χ1) is 9.53. The SMILES string of the molecule is CC(NS(=O)(=O)N1CCCC(CO)C1)C1CCOCC1. The monoisotopic (exact) mass is 306 g/mol. The number of ether oxygens (including phenoxy) is 1. The van der Waals surface area contributed by atoms with Crippen LogP contribution in [-0.4, -0.2) is 56.8 Å². The number of aliphatic hydroxyl groups excluding tert-OH is 1. The molecule has 0 spiro atoms. The predicted molar refractivity (Wildman–Crippen MR) is 76.4 cm³/mol. The van der Waals surface area contributed by atoms with E-state index in [9.17, 15) is 13.5 Å². The molecule has 2 saturated heterocycles. The van der Waals surface area contributed by atoms with E-state index in [0.717, 1.165) is 25.7 Å². The fraction of sp³-hybridized carbons (Fsp3) is 1.00. The second kappa shape index (κ2) is 7.17. The number of rotatable bonds is 5. The smallest absolute Gasteiger partial charge is 0.279 e. The van der Waals surface area contributed by atoms with Crippen LogP contribution in [0.2, 0.25) is 0 Å². The second-order valence-electron chi connectivity index (χ2n) is 5.91. The highest BCUT2D eigenvalue weighted by Gasteiger charge is 2.31. The molecule has 118 valence electrons.